The number of hydrogen-bond donors (Lipinski definition) is 1. The summed E-state index contributed by atoms with van der Waals surface area (Å²) in [5.74, 6) is 2.26. The van der Waals surface area contributed by atoms with Gasteiger partial charge in [-0.3, -0.25) is 4.99 Å². The van der Waals surface area contributed by atoms with Crippen LogP contribution in [0, 0.1) is 17.8 Å². The summed E-state index contributed by atoms with van der Waals surface area (Å²) in [7, 11) is 0. The predicted molar refractivity (Wildman–Crippen MR) is 81.4 cm³/mol. The van der Waals surface area contributed by atoms with Gasteiger partial charge in [0, 0.05) is 6.54 Å². The minimum absolute atomic E-state index is 0.274. The molecule has 0 amide bonds. The highest BCUT2D eigenvalue weighted by Crippen LogP contribution is 2.40. The Morgan fingerprint density at radius 1 is 1.32 bits per heavy atom. The standard InChI is InChI=1S/C15H26N2OS/c1-4-12-9(2)10(3)13-14(18-12)19-15(17-13)16-8-7-11-5-6-11/h9-14H,4-8H2,1-3H3,(H,16,17)/t9-,10-,12+,13+,14+/m0/s1. The summed E-state index contributed by atoms with van der Waals surface area (Å²) in [6.45, 7) is 7.89. The Labute approximate surface area is 121 Å². The zero-order valence-corrected chi connectivity index (χ0v) is 13.1. The lowest BCUT2D eigenvalue weighted by Gasteiger charge is -2.40. The van der Waals surface area contributed by atoms with Crippen molar-refractivity contribution >= 4 is 16.9 Å². The Bertz CT molecular complexity index is 356. The number of ether oxygens (including phenoxy) is 1. The lowest BCUT2D eigenvalue weighted by molar-refractivity contribution is -0.0769. The smallest absolute Gasteiger partial charge is 0.159 e. The van der Waals surface area contributed by atoms with Gasteiger partial charge >= 0.3 is 0 Å². The van der Waals surface area contributed by atoms with E-state index in [1.54, 1.807) is 0 Å². The summed E-state index contributed by atoms with van der Waals surface area (Å²) in [5.41, 5.74) is 0.274. The molecule has 0 spiro atoms. The summed E-state index contributed by atoms with van der Waals surface area (Å²) in [6.07, 6.45) is 5.64. The molecule has 2 saturated heterocycles. The zero-order chi connectivity index (χ0) is 13.4. The number of nitrogens with zero attached hydrogens (tertiary/aromatic N) is 1. The van der Waals surface area contributed by atoms with Crippen LogP contribution in [0.15, 0.2) is 4.99 Å². The predicted octanol–water partition coefficient (Wildman–Crippen LogP) is 3.25. The van der Waals surface area contributed by atoms with Crippen LogP contribution in [0.5, 0.6) is 0 Å². The lowest BCUT2D eigenvalue weighted by atomic mass is 9.82. The number of hydrogen-bond acceptors (Lipinski definition) is 3. The Kier molecular flexibility index (Phi) is 4.08. The van der Waals surface area contributed by atoms with Gasteiger partial charge in [0.1, 0.15) is 5.44 Å². The van der Waals surface area contributed by atoms with E-state index in [-0.39, 0.29) is 5.44 Å². The summed E-state index contributed by atoms with van der Waals surface area (Å²) < 4.78 is 6.23. The van der Waals surface area contributed by atoms with Gasteiger partial charge in [-0.2, -0.15) is 0 Å². The summed E-state index contributed by atoms with van der Waals surface area (Å²) in [4.78, 5) is 4.73. The van der Waals surface area contributed by atoms with Gasteiger partial charge in [-0.1, -0.05) is 45.4 Å². The van der Waals surface area contributed by atoms with E-state index in [1.165, 1.54) is 19.3 Å². The maximum atomic E-state index is 6.23. The van der Waals surface area contributed by atoms with E-state index in [9.17, 15) is 0 Å². The Hall–Kier alpha value is -0.220. The molecule has 0 aromatic rings. The molecule has 0 radical (unpaired) electrons. The van der Waals surface area contributed by atoms with Gasteiger partial charge < -0.3 is 10.1 Å². The molecule has 0 aromatic heterocycles. The van der Waals surface area contributed by atoms with Gasteiger partial charge in [0.15, 0.2) is 5.17 Å². The van der Waals surface area contributed by atoms with Crippen molar-refractivity contribution in [3.63, 3.8) is 0 Å². The summed E-state index contributed by atoms with van der Waals surface area (Å²) in [5, 5.41) is 4.72. The molecule has 3 fully saturated rings. The molecule has 0 bridgehead atoms. The van der Waals surface area contributed by atoms with Gasteiger partial charge in [0.2, 0.25) is 0 Å². The molecule has 1 saturated carbocycles. The van der Waals surface area contributed by atoms with Crippen LogP contribution in [0.4, 0.5) is 0 Å². The number of aliphatic imine (C=N–C) groups is 1. The van der Waals surface area contributed by atoms with Crippen LogP contribution < -0.4 is 5.32 Å². The molecule has 0 unspecified atom stereocenters. The van der Waals surface area contributed by atoms with E-state index >= 15 is 0 Å². The topological polar surface area (TPSA) is 33.6 Å². The van der Waals surface area contributed by atoms with Crippen LogP contribution in [0.3, 0.4) is 0 Å². The SMILES string of the molecule is CC[C@H]1O[C@@H]2SC(=NCCC3CC3)N[C@@H]2[C@@H](C)[C@@H]1C. The first-order valence-electron chi connectivity index (χ1n) is 7.82. The van der Waals surface area contributed by atoms with E-state index in [0.29, 0.717) is 24.0 Å². The molecule has 3 nitrogen and oxygen atoms in total. The van der Waals surface area contributed by atoms with Crippen LogP contribution in [0.1, 0.15) is 46.5 Å². The average Bonchev–Trinajstić information content (AvgIpc) is 3.13. The molecule has 4 heteroatoms. The minimum atomic E-state index is 0.274. The molecule has 1 aliphatic carbocycles. The fraction of sp³-hybridized carbons (Fsp3) is 0.933. The molecule has 2 aliphatic heterocycles. The number of nitrogens with one attached hydrogen (secondary N) is 1. The maximum absolute atomic E-state index is 6.23. The van der Waals surface area contributed by atoms with Crippen molar-refractivity contribution in [3.8, 4) is 0 Å². The second kappa shape index (κ2) is 5.65. The third-order valence-corrected chi connectivity index (χ3v) is 6.10. The van der Waals surface area contributed by atoms with Gasteiger partial charge in [-0.25, -0.2) is 0 Å². The quantitative estimate of drug-likeness (QED) is 0.859. The van der Waals surface area contributed by atoms with Crippen LogP contribution in [-0.2, 0) is 4.74 Å². The Morgan fingerprint density at radius 2 is 2.11 bits per heavy atom. The lowest BCUT2D eigenvalue weighted by Crippen LogP contribution is -2.50. The monoisotopic (exact) mass is 282 g/mol. The highest BCUT2D eigenvalue weighted by molar-refractivity contribution is 8.14. The molecule has 3 aliphatic rings. The fourth-order valence-electron chi connectivity index (χ4n) is 3.19. The maximum Gasteiger partial charge on any atom is 0.159 e. The number of amidine groups is 1. The van der Waals surface area contributed by atoms with Gasteiger partial charge in [0.25, 0.3) is 0 Å². The van der Waals surface area contributed by atoms with Gasteiger partial charge in [-0.15, -0.1) is 0 Å². The van der Waals surface area contributed by atoms with Crippen LogP contribution >= 0.6 is 11.8 Å². The molecule has 108 valence electrons. The second-order valence-corrected chi connectivity index (χ2v) is 7.46. The van der Waals surface area contributed by atoms with Crippen molar-refractivity contribution in [2.24, 2.45) is 22.7 Å². The van der Waals surface area contributed by atoms with Crippen molar-refractivity contribution in [3.05, 3.63) is 0 Å². The second-order valence-electron chi connectivity index (χ2n) is 6.38. The number of rotatable bonds is 4. The minimum Gasteiger partial charge on any atom is -0.361 e. The Balaban J connectivity index is 1.59. The zero-order valence-electron chi connectivity index (χ0n) is 12.3. The van der Waals surface area contributed by atoms with Crippen molar-refractivity contribution in [2.75, 3.05) is 6.54 Å². The van der Waals surface area contributed by atoms with Crippen LogP contribution in [0.2, 0.25) is 0 Å². The van der Waals surface area contributed by atoms with E-state index in [0.717, 1.165) is 24.1 Å². The van der Waals surface area contributed by atoms with Crippen molar-refractivity contribution in [2.45, 2.75) is 64.0 Å². The number of fused-ring (bicyclic) bond motifs is 1. The third-order valence-electron chi connectivity index (χ3n) is 4.99. The fourth-order valence-corrected chi connectivity index (χ4v) is 4.44. The Morgan fingerprint density at radius 3 is 2.79 bits per heavy atom. The first-order chi connectivity index (χ1) is 9.19. The first kappa shape index (κ1) is 13.7. The molecular formula is C15H26N2OS. The van der Waals surface area contributed by atoms with Crippen molar-refractivity contribution < 1.29 is 4.74 Å². The van der Waals surface area contributed by atoms with E-state index < -0.39 is 0 Å². The highest BCUT2D eigenvalue weighted by atomic mass is 32.2. The summed E-state index contributed by atoms with van der Waals surface area (Å²) in [6, 6.07) is 0.447. The third kappa shape index (κ3) is 2.94. The summed E-state index contributed by atoms with van der Waals surface area (Å²) >= 11 is 1.81. The normalized spacial score (nSPS) is 44.2. The molecule has 0 aromatic carbocycles. The van der Waals surface area contributed by atoms with Crippen LogP contribution in [0.25, 0.3) is 0 Å². The highest BCUT2D eigenvalue weighted by Gasteiger charge is 2.45. The largest absolute Gasteiger partial charge is 0.361 e. The molecule has 2 heterocycles. The molecular weight excluding hydrogens is 256 g/mol. The molecule has 1 N–H and O–H groups in total. The van der Waals surface area contributed by atoms with E-state index in [4.69, 9.17) is 9.73 Å². The van der Waals surface area contributed by atoms with Crippen molar-refractivity contribution in [1.29, 1.82) is 0 Å². The van der Waals surface area contributed by atoms with E-state index in [1.807, 2.05) is 11.8 Å². The first-order valence-corrected chi connectivity index (χ1v) is 8.70. The molecule has 5 atom stereocenters. The van der Waals surface area contributed by atoms with Gasteiger partial charge in [0.05, 0.1) is 12.1 Å². The molecule has 3 rings (SSSR count). The average molecular weight is 282 g/mol. The number of thioether (sulfide) groups is 1. The molecule has 19 heavy (non-hydrogen) atoms. The van der Waals surface area contributed by atoms with Gasteiger partial charge in [-0.05, 0) is 30.6 Å². The van der Waals surface area contributed by atoms with Crippen LogP contribution in [-0.4, -0.2) is 29.3 Å². The van der Waals surface area contributed by atoms with E-state index in [2.05, 4.69) is 26.1 Å². The van der Waals surface area contributed by atoms with Crippen molar-refractivity contribution in [1.82, 2.24) is 5.32 Å².